The minimum absolute atomic E-state index is 0.0800. The summed E-state index contributed by atoms with van der Waals surface area (Å²) in [6.45, 7) is 6.55. The molecule has 6 heteroatoms. The number of hydrogen-bond donors (Lipinski definition) is 0. The Hall–Kier alpha value is -3.15. The van der Waals surface area contributed by atoms with Crippen LogP contribution in [-0.2, 0) is 28.6 Å². The zero-order valence-electron chi connectivity index (χ0n) is 51.2. The van der Waals surface area contributed by atoms with Gasteiger partial charge in [-0.2, -0.15) is 0 Å². The molecule has 0 aromatic heterocycles. The van der Waals surface area contributed by atoms with Gasteiger partial charge < -0.3 is 14.2 Å². The zero-order valence-corrected chi connectivity index (χ0v) is 51.2. The van der Waals surface area contributed by atoms with Crippen LogP contribution in [0.4, 0.5) is 0 Å². The summed E-state index contributed by atoms with van der Waals surface area (Å²) in [5.41, 5.74) is 0. The van der Waals surface area contributed by atoms with Gasteiger partial charge in [-0.15, -0.1) is 0 Å². The Morgan fingerprint density at radius 1 is 0.273 bits per heavy atom. The second-order valence-electron chi connectivity index (χ2n) is 22.3. The van der Waals surface area contributed by atoms with Crippen molar-refractivity contribution in [2.75, 3.05) is 13.2 Å². The van der Waals surface area contributed by atoms with Crippen LogP contribution in [0.1, 0.15) is 342 Å². The highest BCUT2D eigenvalue weighted by Crippen LogP contribution is 2.17. The monoisotopic (exact) mass is 1070 g/mol. The Bertz CT molecular complexity index is 1420. The van der Waals surface area contributed by atoms with Crippen LogP contribution in [0.2, 0.25) is 0 Å². The average Bonchev–Trinajstić information content (AvgIpc) is 3.43. The topological polar surface area (TPSA) is 78.9 Å². The van der Waals surface area contributed by atoms with Crippen molar-refractivity contribution in [2.24, 2.45) is 0 Å². The lowest BCUT2D eigenvalue weighted by Crippen LogP contribution is -2.30. The van der Waals surface area contributed by atoms with Gasteiger partial charge in [-0.3, -0.25) is 14.4 Å². The molecular weight excluding hydrogens is 949 g/mol. The molecule has 0 saturated heterocycles. The number of allylic oxidation sites excluding steroid dienone is 12. The summed E-state index contributed by atoms with van der Waals surface area (Å²) in [7, 11) is 0. The summed E-state index contributed by atoms with van der Waals surface area (Å²) >= 11 is 0. The fraction of sp³-hybridized carbons (Fsp3) is 0.789. The molecule has 0 rings (SSSR count). The third-order valence-corrected chi connectivity index (χ3v) is 14.7. The van der Waals surface area contributed by atoms with Gasteiger partial charge in [-0.25, -0.2) is 0 Å². The summed E-state index contributed by atoms with van der Waals surface area (Å²) in [4.78, 5) is 38.4. The smallest absolute Gasteiger partial charge is 0.306 e. The van der Waals surface area contributed by atoms with Crippen LogP contribution in [-0.4, -0.2) is 37.2 Å². The van der Waals surface area contributed by atoms with Gasteiger partial charge in [0, 0.05) is 19.3 Å². The van der Waals surface area contributed by atoms with Crippen molar-refractivity contribution in [3.05, 3.63) is 72.9 Å². The molecule has 0 aliphatic heterocycles. The maximum Gasteiger partial charge on any atom is 0.306 e. The third-order valence-electron chi connectivity index (χ3n) is 14.7. The summed E-state index contributed by atoms with van der Waals surface area (Å²) in [5.74, 6) is -0.879. The average molecular weight is 1080 g/mol. The minimum Gasteiger partial charge on any atom is -0.462 e. The van der Waals surface area contributed by atoms with E-state index in [0.29, 0.717) is 19.3 Å². The lowest BCUT2D eigenvalue weighted by Gasteiger charge is -2.18. The van der Waals surface area contributed by atoms with Crippen molar-refractivity contribution >= 4 is 17.9 Å². The molecule has 0 heterocycles. The Labute approximate surface area is 478 Å². The molecule has 0 fully saturated rings. The Morgan fingerprint density at radius 2 is 0.506 bits per heavy atom. The molecule has 0 radical (unpaired) electrons. The van der Waals surface area contributed by atoms with E-state index in [-0.39, 0.29) is 31.1 Å². The number of hydrogen-bond acceptors (Lipinski definition) is 6. The fourth-order valence-corrected chi connectivity index (χ4v) is 9.66. The van der Waals surface area contributed by atoms with E-state index in [1.165, 1.54) is 212 Å². The zero-order chi connectivity index (χ0) is 55.7. The van der Waals surface area contributed by atoms with E-state index < -0.39 is 6.10 Å². The van der Waals surface area contributed by atoms with E-state index in [9.17, 15) is 14.4 Å². The highest BCUT2D eigenvalue weighted by molar-refractivity contribution is 5.71. The molecule has 0 amide bonds. The second kappa shape index (κ2) is 65.4. The molecule has 446 valence electrons. The fourth-order valence-electron chi connectivity index (χ4n) is 9.66. The van der Waals surface area contributed by atoms with Crippen molar-refractivity contribution in [2.45, 2.75) is 348 Å². The van der Waals surface area contributed by atoms with Crippen LogP contribution in [0.25, 0.3) is 0 Å². The van der Waals surface area contributed by atoms with E-state index >= 15 is 0 Å². The SMILES string of the molecule is CC/C=C\C/C=C\C/C=C\CCCCCCCCCC(=O)OCC(COC(=O)CCCCCCCCCCC/C=C\C/C=C\CCCCCCC)OC(=O)CCCCCCCCCCC/C=C\CCCCCCCCCC. The van der Waals surface area contributed by atoms with Gasteiger partial charge in [-0.1, -0.05) is 286 Å². The number of esters is 3. The van der Waals surface area contributed by atoms with Crippen molar-refractivity contribution < 1.29 is 28.6 Å². The van der Waals surface area contributed by atoms with E-state index in [2.05, 4.69) is 93.7 Å². The van der Waals surface area contributed by atoms with Crippen molar-refractivity contribution in [1.82, 2.24) is 0 Å². The first-order chi connectivity index (χ1) is 38.0. The van der Waals surface area contributed by atoms with Crippen LogP contribution in [0.5, 0.6) is 0 Å². The Morgan fingerprint density at radius 3 is 0.805 bits per heavy atom. The van der Waals surface area contributed by atoms with Gasteiger partial charge >= 0.3 is 17.9 Å². The van der Waals surface area contributed by atoms with Crippen molar-refractivity contribution in [1.29, 1.82) is 0 Å². The minimum atomic E-state index is -0.784. The standard InChI is InChI=1S/C71H126O6/c1-4-7-10-13-16-19-22-25-28-31-33-35-37-40-43-46-49-52-55-58-61-64-70(73)76-67-68(66-75-69(72)63-60-57-54-51-48-45-42-39-30-27-24-21-18-15-12-9-6-3)77-71(74)65-62-59-56-53-50-47-44-41-38-36-34-32-29-26-23-20-17-14-11-8-5-2/h9,12,18,21-22,25,27,30-34,68H,4-8,10-11,13-17,19-20,23-24,26,28-29,35-67H2,1-3H3/b12-9-,21-18-,25-22-,30-27-,33-31-,34-32-. The van der Waals surface area contributed by atoms with E-state index in [1.807, 2.05) is 0 Å². The number of ether oxygens (including phenoxy) is 3. The molecule has 0 aromatic carbocycles. The van der Waals surface area contributed by atoms with Crippen LogP contribution >= 0.6 is 0 Å². The molecule has 0 N–H and O–H groups in total. The van der Waals surface area contributed by atoms with Gasteiger partial charge in [0.25, 0.3) is 0 Å². The summed E-state index contributed by atoms with van der Waals surface area (Å²) in [5, 5.41) is 0. The second-order valence-corrected chi connectivity index (χ2v) is 22.3. The third kappa shape index (κ3) is 63.6. The molecule has 0 aliphatic rings. The largest absolute Gasteiger partial charge is 0.462 e. The van der Waals surface area contributed by atoms with Gasteiger partial charge in [0.15, 0.2) is 6.10 Å². The predicted octanol–water partition coefficient (Wildman–Crippen LogP) is 22.9. The van der Waals surface area contributed by atoms with Gasteiger partial charge in [0.2, 0.25) is 0 Å². The first kappa shape index (κ1) is 73.8. The lowest BCUT2D eigenvalue weighted by molar-refractivity contribution is -0.167. The van der Waals surface area contributed by atoms with Gasteiger partial charge in [0.1, 0.15) is 13.2 Å². The lowest BCUT2D eigenvalue weighted by atomic mass is 10.1. The Balaban J connectivity index is 4.37. The first-order valence-corrected chi connectivity index (χ1v) is 33.4. The predicted molar refractivity (Wildman–Crippen MR) is 335 cm³/mol. The van der Waals surface area contributed by atoms with Gasteiger partial charge in [0.05, 0.1) is 0 Å². The molecule has 0 saturated carbocycles. The van der Waals surface area contributed by atoms with Crippen LogP contribution < -0.4 is 0 Å². The van der Waals surface area contributed by atoms with Crippen LogP contribution in [0.15, 0.2) is 72.9 Å². The summed E-state index contributed by atoms with van der Waals surface area (Å²) < 4.78 is 17.0. The van der Waals surface area contributed by atoms with Gasteiger partial charge in [-0.05, 0) is 109 Å². The van der Waals surface area contributed by atoms with Crippen molar-refractivity contribution in [3.8, 4) is 0 Å². The van der Waals surface area contributed by atoms with E-state index in [4.69, 9.17) is 14.2 Å². The molecule has 0 aromatic rings. The number of carbonyl (C=O) groups is 3. The quantitative estimate of drug-likeness (QED) is 0.0261. The molecular formula is C71H126O6. The molecule has 6 nitrogen and oxygen atoms in total. The van der Waals surface area contributed by atoms with Crippen molar-refractivity contribution in [3.63, 3.8) is 0 Å². The number of carbonyl (C=O) groups excluding carboxylic acids is 3. The Kier molecular flexibility index (Phi) is 62.7. The highest BCUT2D eigenvalue weighted by Gasteiger charge is 2.19. The molecule has 1 atom stereocenters. The highest BCUT2D eigenvalue weighted by atomic mass is 16.6. The number of unbranched alkanes of at least 4 members (excludes halogenated alkanes) is 38. The number of rotatable bonds is 61. The summed E-state index contributed by atoms with van der Waals surface area (Å²) in [6, 6.07) is 0. The molecule has 0 bridgehead atoms. The molecule has 0 spiro atoms. The van der Waals surface area contributed by atoms with Crippen LogP contribution in [0, 0.1) is 0 Å². The molecule has 0 aliphatic carbocycles. The maximum absolute atomic E-state index is 12.9. The van der Waals surface area contributed by atoms with Crippen LogP contribution in [0.3, 0.4) is 0 Å². The molecule has 77 heavy (non-hydrogen) atoms. The first-order valence-electron chi connectivity index (χ1n) is 33.4. The summed E-state index contributed by atoms with van der Waals surface area (Å²) in [6.07, 6.45) is 84.8. The normalized spacial score (nSPS) is 12.5. The molecule has 1 unspecified atom stereocenters. The van der Waals surface area contributed by atoms with E-state index in [0.717, 1.165) is 89.9 Å². The van der Waals surface area contributed by atoms with E-state index in [1.54, 1.807) is 0 Å². The maximum atomic E-state index is 12.9.